The summed E-state index contributed by atoms with van der Waals surface area (Å²) in [5.41, 5.74) is 10.5. The lowest BCUT2D eigenvalue weighted by atomic mass is 9.93. The molecule has 3 aromatic carbocycles. The second kappa shape index (κ2) is 13.1. The zero-order valence-corrected chi connectivity index (χ0v) is 21.4. The Morgan fingerprint density at radius 2 is 1.62 bits per heavy atom. The topological polar surface area (TPSA) is 139 Å². The summed E-state index contributed by atoms with van der Waals surface area (Å²) in [6.45, 7) is 0.492. The third-order valence-electron chi connectivity index (χ3n) is 6.36. The molecule has 0 unspecified atom stereocenters. The Hall–Kier alpha value is -4.86. The van der Waals surface area contributed by atoms with Gasteiger partial charge in [0.05, 0.1) is 6.54 Å². The smallest absolute Gasteiger partial charge is 0.322 e. The maximum Gasteiger partial charge on any atom is 0.322 e. The number of amides is 3. The summed E-state index contributed by atoms with van der Waals surface area (Å²) in [5, 5.41) is 9.23. The largest absolute Gasteiger partial charge is 0.366 e. The van der Waals surface area contributed by atoms with Crippen LogP contribution >= 0.6 is 0 Å². The number of carbonyl (C=O) groups excluding carboxylic acids is 2. The molecule has 9 nitrogen and oxygen atoms in total. The third-order valence-corrected chi connectivity index (χ3v) is 6.36. The maximum atomic E-state index is 13.3. The number of nitrogens with two attached hydrogens (primary N) is 2. The molecule has 1 aliphatic rings. The number of benzene rings is 3. The van der Waals surface area contributed by atoms with Gasteiger partial charge in [0.25, 0.3) is 5.91 Å². The highest BCUT2D eigenvalue weighted by atomic mass is 19.1. The second-order valence-electron chi connectivity index (χ2n) is 9.08. The summed E-state index contributed by atoms with van der Waals surface area (Å²) < 4.78 is 13.3. The Morgan fingerprint density at radius 3 is 2.26 bits per heavy atom. The van der Waals surface area contributed by atoms with Gasteiger partial charge in [0.2, 0.25) is 5.96 Å². The summed E-state index contributed by atoms with van der Waals surface area (Å²) >= 11 is 0. The minimum Gasteiger partial charge on any atom is -0.366 e. The van der Waals surface area contributed by atoms with Gasteiger partial charge in [-0.3, -0.25) is 9.69 Å². The van der Waals surface area contributed by atoms with Crippen molar-refractivity contribution in [2.45, 2.75) is 38.8 Å². The van der Waals surface area contributed by atoms with Crippen molar-refractivity contribution in [2.24, 2.45) is 26.9 Å². The van der Waals surface area contributed by atoms with Crippen LogP contribution in [-0.4, -0.2) is 17.9 Å². The summed E-state index contributed by atoms with van der Waals surface area (Å²) in [4.78, 5) is 30.9. The highest BCUT2D eigenvalue weighted by molar-refractivity contribution is 6.02. The minimum absolute atomic E-state index is 0.244. The second-order valence-corrected chi connectivity index (χ2v) is 9.08. The molecule has 0 aliphatic heterocycles. The first-order chi connectivity index (χ1) is 18.9. The Balaban J connectivity index is 1.53. The molecule has 5 N–H and O–H groups in total. The van der Waals surface area contributed by atoms with Crippen LogP contribution in [0.5, 0.6) is 0 Å². The molecule has 39 heavy (non-hydrogen) atoms. The van der Waals surface area contributed by atoms with Crippen molar-refractivity contribution in [3.8, 4) is 0 Å². The van der Waals surface area contributed by atoms with Gasteiger partial charge in [-0.1, -0.05) is 52.8 Å². The van der Waals surface area contributed by atoms with Crippen molar-refractivity contribution in [3.05, 3.63) is 107 Å². The van der Waals surface area contributed by atoms with E-state index in [-0.39, 0.29) is 30.9 Å². The molecular formula is C29H30FN7O2. The lowest BCUT2D eigenvalue weighted by molar-refractivity contribution is 0.100. The highest BCUT2D eigenvalue weighted by Gasteiger charge is 2.18. The van der Waals surface area contributed by atoms with Crippen LogP contribution in [0, 0.1) is 5.82 Å². The van der Waals surface area contributed by atoms with Crippen LogP contribution in [0.3, 0.4) is 0 Å². The first-order valence-corrected chi connectivity index (χ1v) is 12.6. The third kappa shape index (κ3) is 7.57. The van der Waals surface area contributed by atoms with Gasteiger partial charge in [-0.15, -0.1) is 0 Å². The lowest BCUT2D eigenvalue weighted by Crippen LogP contribution is -2.39. The fraction of sp³-hybridized carbons (Fsp3) is 0.207. The summed E-state index contributed by atoms with van der Waals surface area (Å²) in [6.07, 6.45) is 6.82. The van der Waals surface area contributed by atoms with E-state index in [1.54, 1.807) is 41.3 Å². The molecule has 0 saturated carbocycles. The van der Waals surface area contributed by atoms with Gasteiger partial charge in [0.1, 0.15) is 5.82 Å². The Labute approximate surface area is 226 Å². The number of carbonyl (C=O) groups is 2. The van der Waals surface area contributed by atoms with E-state index in [0.29, 0.717) is 5.56 Å². The van der Waals surface area contributed by atoms with Gasteiger partial charge < -0.3 is 16.9 Å². The molecule has 0 bridgehead atoms. The van der Waals surface area contributed by atoms with Gasteiger partial charge in [-0.2, -0.15) is 4.99 Å². The zero-order chi connectivity index (χ0) is 27.6. The van der Waals surface area contributed by atoms with Crippen molar-refractivity contribution in [2.75, 3.05) is 4.90 Å². The summed E-state index contributed by atoms with van der Waals surface area (Å²) in [5.74, 6) is 3.65. The van der Waals surface area contributed by atoms with Crippen molar-refractivity contribution in [3.63, 3.8) is 0 Å². The fourth-order valence-corrected chi connectivity index (χ4v) is 4.30. The Kier molecular flexibility index (Phi) is 9.12. The number of anilines is 1. The number of hydrogen-bond acceptors (Lipinski definition) is 3. The van der Waals surface area contributed by atoms with Gasteiger partial charge in [0, 0.05) is 17.8 Å². The number of urea groups is 1. The predicted octanol–water partition coefficient (Wildman–Crippen LogP) is 5.48. The van der Waals surface area contributed by atoms with E-state index in [0.717, 1.165) is 35.2 Å². The molecule has 3 aromatic rings. The van der Waals surface area contributed by atoms with Gasteiger partial charge in [0.15, 0.2) is 0 Å². The Bertz CT molecular complexity index is 1380. The monoisotopic (exact) mass is 527 g/mol. The number of halogens is 1. The molecule has 4 rings (SSSR count). The van der Waals surface area contributed by atoms with E-state index in [1.165, 1.54) is 30.5 Å². The SMILES string of the molecule is N/N=N\C(N)=NC(=O)c1ccc(CN(C(=O)NCc2ccc(F)cc2)c2ccc(C3=CCCCC3)cc2)cc1. The average Bonchev–Trinajstić information content (AvgIpc) is 2.96. The number of allylic oxidation sites excluding steroid dienone is 2. The molecule has 0 atom stereocenters. The van der Waals surface area contributed by atoms with Crippen LogP contribution in [-0.2, 0) is 13.1 Å². The molecule has 3 amide bonds. The number of guanidine groups is 1. The fourth-order valence-electron chi connectivity index (χ4n) is 4.30. The number of rotatable bonds is 7. The van der Waals surface area contributed by atoms with Crippen LogP contribution < -0.4 is 21.8 Å². The summed E-state index contributed by atoms with van der Waals surface area (Å²) in [7, 11) is 0. The van der Waals surface area contributed by atoms with Gasteiger partial charge in [-0.05, 0) is 84.3 Å². The molecule has 1 aliphatic carbocycles. The predicted molar refractivity (Wildman–Crippen MR) is 149 cm³/mol. The van der Waals surface area contributed by atoms with E-state index < -0.39 is 5.91 Å². The van der Waals surface area contributed by atoms with Crippen molar-refractivity contribution < 1.29 is 14.0 Å². The van der Waals surface area contributed by atoms with Gasteiger partial charge >= 0.3 is 6.03 Å². The number of aliphatic imine (C=N–C) groups is 1. The first kappa shape index (κ1) is 27.2. The van der Waals surface area contributed by atoms with E-state index in [4.69, 9.17) is 11.6 Å². The molecular weight excluding hydrogens is 497 g/mol. The highest BCUT2D eigenvalue weighted by Crippen LogP contribution is 2.28. The molecule has 0 spiro atoms. The molecule has 200 valence electrons. The first-order valence-electron chi connectivity index (χ1n) is 12.6. The van der Waals surface area contributed by atoms with Crippen LogP contribution in [0.15, 0.2) is 94.2 Å². The molecule has 10 heteroatoms. The van der Waals surface area contributed by atoms with Crippen LogP contribution in [0.4, 0.5) is 14.9 Å². The van der Waals surface area contributed by atoms with E-state index in [9.17, 15) is 14.0 Å². The quantitative estimate of drug-likeness (QED) is 0.123. The molecule has 0 fully saturated rings. The number of hydrogen-bond donors (Lipinski definition) is 3. The van der Waals surface area contributed by atoms with Crippen LogP contribution in [0.1, 0.15) is 52.7 Å². The van der Waals surface area contributed by atoms with Gasteiger partial charge in [-0.25, -0.2) is 9.18 Å². The number of nitrogens with zero attached hydrogens (tertiary/aromatic N) is 4. The molecule has 0 heterocycles. The zero-order valence-electron chi connectivity index (χ0n) is 21.4. The molecule has 0 aromatic heterocycles. The average molecular weight is 528 g/mol. The van der Waals surface area contributed by atoms with Crippen LogP contribution in [0.25, 0.3) is 5.57 Å². The number of nitrogens with one attached hydrogen (secondary N) is 1. The molecule has 0 radical (unpaired) electrons. The molecule has 0 saturated heterocycles. The van der Waals surface area contributed by atoms with E-state index in [2.05, 4.69) is 26.7 Å². The summed E-state index contributed by atoms with van der Waals surface area (Å²) in [6, 6.07) is 20.3. The van der Waals surface area contributed by atoms with Crippen molar-refractivity contribution in [1.82, 2.24) is 5.32 Å². The van der Waals surface area contributed by atoms with E-state index in [1.807, 2.05) is 24.3 Å². The van der Waals surface area contributed by atoms with Crippen molar-refractivity contribution >= 4 is 29.2 Å². The van der Waals surface area contributed by atoms with E-state index >= 15 is 0 Å². The van der Waals surface area contributed by atoms with Crippen LogP contribution in [0.2, 0.25) is 0 Å². The van der Waals surface area contributed by atoms with Crippen molar-refractivity contribution in [1.29, 1.82) is 0 Å². The lowest BCUT2D eigenvalue weighted by Gasteiger charge is -2.24. The maximum absolute atomic E-state index is 13.3. The Morgan fingerprint density at radius 1 is 0.923 bits per heavy atom. The normalized spacial score (nSPS) is 13.7. The standard InChI is InChI=1S/C29H30FN7O2/c30-25-14-8-20(9-15-25)18-33-29(39)37(26-16-12-23(13-17-26)22-4-2-1-3-5-22)19-21-6-10-24(11-7-21)27(38)34-28(31)35-36-32/h4,6-17H,1-3,5,18-19H2,(H,33,39)(H4,31,32,34,35,38). The minimum atomic E-state index is -0.590.